The van der Waals surface area contributed by atoms with Gasteiger partial charge in [0.15, 0.2) is 0 Å². The Morgan fingerprint density at radius 1 is 1.40 bits per heavy atom. The number of rotatable bonds is 3. The molecule has 0 atom stereocenters. The summed E-state index contributed by atoms with van der Waals surface area (Å²) >= 11 is 0. The molecule has 0 aliphatic heterocycles. The van der Waals surface area contributed by atoms with Crippen LogP contribution >= 0.6 is 0 Å². The lowest BCUT2D eigenvalue weighted by molar-refractivity contribution is 0.270. The first-order valence-corrected chi connectivity index (χ1v) is 7.02. The molecule has 0 saturated heterocycles. The van der Waals surface area contributed by atoms with Crippen LogP contribution in [0, 0.1) is 5.70 Å². The van der Waals surface area contributed by atoms with Crippen LogP contribution in [0.3, 0.4) is 0 Å². The average molecular weight is 155 g/mol. The van der Waals surface area contributed by atoms with E-state index in [-0.39, 0.29) is 0 Å². The van der Waals surface area contributed by atoms with Gasteiger partial charge in [0, 0.05) is 0 Å². The molecule has 0 aliphatic rings. The van der Waals surface area contributed by atoms with Gasteiger partial charge in [0.05, 0.1) is 14.7 Å². The van der Waals surface area contributed by atoms with E-state index >= 15 is 0 Å². The van der Waals surface area contributed by atoms with Crippen molar-refractivity contribution in [3.63, 3.8) is 0 Å². The average Bonchev–Trinajstić information content (AvgIpc) is 1.78. The Morgan fingerprint density at radius 3 is 2.40 bits per heavy atom. The summed E-state index contributed by atoms with van der Waals surface area (Å²) in [7, 11) is -1.18. The zero-order valence-electron chi connectivity index (χ0n) is 7.19. The number of hydrogen-bond acceptors (Lipinski definition) is 1. The standard InChI is InChI=1S/C8H15OSi/c1-5-9-7-6-8-10(2,3)4/h7H,5H2,1-4H3. The van der Waals surface area contributed by atoms with Crippen LogP contribution in [0.1, 0.15) is 6.92 Å². The van der Waals surface area contributed by atoms with Crippen LogP contribution in [-0.2, 0) is 4.74 Å². The van der Waals surface area contributed by atoms with Gasteiger partial charge in [0.1, 0.15) is 6.26 Å². The monoisotopic (exact) mass is 155 g/mol. The maximum Gasteiger partial charge on any atom is 0.125 e. The van der Waals surface area contributed by atoms with Crippen molar-refractivity contribution in [1.82, 2.24) is 0 Å². The fourth-order valence-corrected chi connectivity index (χ4v) is 0.863. The summed E-state index contributed by atoms with van der Waals surface area (Å²) in [6.45, 7) is 9.28. The first kappa shape index (κ1) is 9.54. The predicted molar refractivity (Wildman–Crippen MR) is 46.3 cm³/mol. The topological polar surface area (TPSA) is 9.23 Å². The fourth-order valence-electron chi connectivity index (χ4n) is 0.371. The molecule has 0 aliphatic carbocycles. The Morgan fingerprint density at radius 2 is 2.00 bits per heavy atom. The molecule has 10 heavy (non-hydrogen) atoms. The van der Waals surface area contributed by atoms with Crippen molar-refractivity contribution in [2.75, 3.05) is 6.61 Å². The van der Waals surface area contributed by atoms with Crippen LogP contribution < -0.4 is 0 Å². The van der Waals surface area contributed by atoms with E-state index in [1.54, 1.807) is 6.26 Å². The highest BCUT2D eigenvalue weighted by Gasteiger charge is 2.06. The Labute approximate surface area is 64.4 Å². The minimum atomic E-state index is -1.18. The van der Waals surface area contributed by atoms with E-state index in [2.05, 4.69) is 31.1 Å². The molecular formula is C8H15OSi. The third-order valence-electron chi connectivity index (χ3n) is 0.756. The maximum atomic E-state index is 4.95. The molecule has 0 fully saturated rings. The van der Waals surface area contributed by atoms with E-state index in [4.69, 9.17) is 4.74 Å². The number of ether oxygens (including phenoxy) is 1. The quantitative estimate of drug-likeness (QED) is 0.345. The van der Waals surface area contributed by atoms with Crippen molar-refractivity contribution in [3.05, 3.63) is 17.7 Å². The zero-order chi connectivity index (χ0) is 8.04. The van der Waals surface area contributed by atoms with Crippen molar-refractivity contribution in [3.8, 4) is 0 Å². The van der Waals surface area contributed by atoms with Gasteiger partial charge >= 0.3 is 0 Å². The molecule has 1 nitrogen and oxygen atoms in total. The molecule has 0 aromatic rings. The first-order valence-electron chi connectivity index (χ1n) is 3.52. The molecule has 0 unspecified atom stereocenters. The molecule has 1 radical (unpaired) electrons. The maximum absolute atomic E-state index is 4.95. The molecule has 0 aromatic carbocycles. The van der Waals surface area contributed by atoms with Gasteiger partial charge in [0.2, 0.25) is 0 Å². The molecular weight excluding hydrogens is 140 g/mol. The van der Waals surface area contributed by atoms with Gasteiger partial charge < -0.3 is 4.74 Å². The number of hydrogen-bond donors (Lipinski definition) is 0. The van der Waals surface area contributed by atoms with E-state index in [0.717, 1.165) is 0 Å². The molecule has 0 aromatic heterocycles. The fraction of sp³-hybridized carbons (Fsp3) is 0.625. The third-order valence-corrected chi connectivity index (χ3v) is 1.65. The van der Waals surface area contributed by atoms with Crippen molar-refractivity contribution >= 4 is 8.07 Å². The summed E-state index contributed by atoms with van der Waals surface area (Å²) in [6.07, 6.45) is 1.58. The van der Waals surface area contributed by atoms with Crippen LogP contribution in [0.4, 0.5) is 0 Å². The van der Waals surface area contributed by atoms with E-state index in [0.29, 0.717) is 6.61 Å². The molecule has 57 valence electrons. The molecule has 0 heterocycles. The van der Waals surface area contributed by atoms with Crippen molar-refractivity contribution in [2.45, 2.75) is 26.6 Å². The SMILES string of the molecule is CCOC=C=[C][Si](C)(C)C. The second kappa shape index (κ2) is 4.37. The summed E-state index contributed by atoms with van der Waals surface area (Å²) in [4.78, 5) is 0. The lowest BCUT2D eigenvalue weighted by Gasteiger charge is -2.03. The van der Waals surface area contributed by atoms with Crippen molar-refractivity contribution < 1.29 is 4.74 Å². The third kappa shape index (κ3) is 7.54. The first-order chi connectivity index (χ1) is 4.56. The van der Waals surface area contributed by atoms with Gasteiger partial charge in [-0.25, -0.2) is 0 Å². The van der Waals surface area contributed by atoms with E-state index < -0.39 is 8.07 Å². The molecule has 2 heteroatoms. The molecule has 0 amide bonds. The highest BCUT2D eigenvalue weighted by atomic mass is 28.3. The van der Waals surface area contributed by atoms with Crippen molar-refractivity contribution in [1.29, 1.82) is 0 Å². The summed E-state index contributed by atoms with van der Waals surface area (Å²) in [5.41, 5.74) is 6.06. The summed E-state index contributed by atoms with van der Waals surface area (Å²) in [5.74, 6) is 0. The molecule has 0 bridgehead atoms. The Balaban J connectivity index is 3.74. The van der Waals surface area contributed by atoms with Crippen molar-refractivity contribution in [2.24, 2.45) is 0 Å². The lowest BCUT2D eigenvalue weighted by atomic mass is 10.8. The summed E-state index contributed by atoms with van der Waals surface area (Å²) in [5, 5.41) is 0. The lowest BCUT2D eigenvalue weighted by Crippen LogP contribution is -2.15. The van der Waals surface area contributed by atoms with Gasteiger partial charge in [-0.2, -0.15) is 0 Å². The summed E-state index contributed by atoms with van der Waals surface area (Å²) < 4.78 is 4.95. The second-order valence-electron chi connectivity index (χ2n) is 3.09. The van der Waals surface area contributed by atoms with E-state index in [9.17, 15) is 0 Å². The van der Waals surface area contributed by atoms with Gasteiger partial charge in [-0.05, 0) is 12.6 Å². The highest BCUT2D eigenvalue weighted by molar-refractivity contribution is 6.78. The van der Waals surface area contributed by atoms with Crippen LogP contribution in [0.2, 0.25) is 19.6 Å². The van der Waals surface area contributed by atoms with E-state index in [1.165, 1.54) is 0 Å². The van der Waals surface area contributed by atoms with Crippen LogP contribution in [0.5, 0.6) is 0 Å². The van der Waals surface area contributed by atoms with Crippen LogP contribution in [0.15, 0.2) is 12.0 Å². The molecule has 0 N–H and O–H groups in total. The Kier molecular flexibility index (Phi) is 4.17. The predicted octanol–water partition coefficient (Wildman–Crippen LogP) is 2.37. The summed E-state index contributed by atoms with van der Waals surface area (Å²) in [6, 6.07) is 0. The highest BCUT2D eigenvalue weighted by Crippen LogP contribution is 1.98. The van der Waals surface area contributed by atoms with Crippen LogP contribution in [0.25, 0.3) is 0 Å². The normalized spacial score (nSPS) is 10.0. The largest absolute Gasteiger partial charge is 0.493 e. The minimum Gasteiger partial charge on any atom is -0.493 e. The van der Waals surface area contributed by atoms with Crippen LogP contribution in [-0.4, -0.2) is 14.7 Å². The van der Waals surface area contributed by atoms with Gasteiger partial charge in [-0.15, -0.1) is 0 Å². The Hall–Kier alpha value is -0.463. The van der Waals surface area contributed by atoms with Gasteiger partial charge in [-0.3, -0.25) is 0 Å². The molecule has 0 saturated carbocycles. The smallest absolute Gasteiger partial charge is 0.125 e. The van der Waals surface area contributed by atoms with Gasteiger partial charge in [0.25, 0.3) is 0 Å². The van der Waals surface area contributed by atoms with E-state index in [1.807, 2.05) is 6.92 Å². The molecule has 0 spiro atoms. The minimum absolute atomic E-state index is 0.709. The second-order valence-corrected chi connectivity index (χ2v) is 7.84. The molecule has 0 rings (SSSR count). The van der Waals surface area contributed by atoms with Gasteiger partial charge in [-0.1, -0.05) is 25.4 Å². The zero-order valence-corrected chi connectivity index (χ0v) is 8.19. The Bertz CT molecular complexity index is 138.